The fourth-order valence-electron chi connectivity index (χ4n) is 0.624. The van der Waals surface area contributed by atoms with E-state index in [4.69, 9.17) is 5.11 Å². The number of rotatable bonds is 3. The molecule has 0 aliphatic rings. The molecular formula is C13H14O. The zero-order chi connectivity index (χ0) is 10.5. The third-order valence-corrected chi connectivity index (χ3v) is 1.31. The van der Waals surface area contributed by atoms with Gasteiger partial charge in [-0.1, -0.05) is 31.3 Å². The van der Waals surface area contributed by atoms with Gasteiger partial charge in [-0.3, -0.25) is 0 Å². The molecule has 1 heteroatoms. The first-order chi connectivity index (χ1) is 6.91. The van der Waals surface area contributed by atoms with Crippen molar-refractivity contribution in [3.05, 3.63) is 12.2 Å². The van der Waals surface area contributed by atoms with Gasteiger partial charge in [0.2, 0.25) is 0 Å². The summed E-state index contributed by atoms with van der Waals surface area (Å²) in [5.41, 5.74) is 0. The highest BCUT2D eigenvalue weighted by atomic mass is 16.2. The lowest BCUT2D eigenvalue weighted by Crippen LogP contribution is -1.67. The van der Waals surface area contributed by atoms with Gasteiger partial charge in [-0.25, -0.2) is 0 Å². The van der Waals surface area contributed by atoms with E-state index in [0.717, 1.165) is 19.3 Å². The molecule has 0 rings (SSSR count). The second-order valence-electron chi connectivity index (χ2n) is 2.51. The summed E-state index contributed by atoms with van der Waals surface area (Å²) in [4.78, 5) is 0. The fraction of sp³-hybridized carbons (Fsp3) is 0.385. The zero-order valence-corrected chi connectivity index (χ0v) is 8.43. The van der Waals surface area contributed by atoms with Gasteiger partial charge < -0.3 is 5.11 Å². The Morgan fingerprint density at radius 1 is 1.14 bits per heavy atom. The van der Waals surface area contributed by atoms with Gasteiger partial charge in [-0.2, -0.15) is 0 Å². The van der Waals surface area contributed by atoms with Crippen molar-refractivity contribution in [2.75, 3.05) is 6.61 Å². The molecule has 0 aromatic heterocycles. The maximum absolute atomic E-state index is 8.38. The lowest BCUT2D eigenvalue weighted by atomic mass is 10.2. The molecule has 0 aliphatic heterocycles. The molecule has 0 amide bonds. The Morgan fingerprint density at radius 3 is 2.64 bits per heavy atom. The van der Waals surface area contributed by atoms with Gasteiger partial charge in [0.05, 0.1) is 6.61 Å². The van der Waals surface area contributed by atoms with Crippen LogP contribution in [-0.2, 0) is 0 Å². The third kappa shape index (κ3) is 10.4. The van der Waals surface area contributed by atoms with Crippen LogP contribution in [0.15, 0.2) is 12.2 Å². The van der Waals surface area contributed by atoms with E-state index in [1.165, 1.54) is 0 Å². The van der Waals surface area contributed by atoms with Crippen molar-refractivity contribution in [3.63, 3.8) is 0 Å². The Balaban J connectivity index is 3.73. The second-order valence-corrected chi connectivity index (χ2v) is 2.51. The molecule has 0 aromatic carbocycles. The van der Waals surface area contributed by atoms with Crippen LogP contribution >= 0.6 is 0 Å². The van der Waals surface area contributed by atoms with Crippen molar-refractivity contribution in [1.82, 2.24) is 0 Å². The molecule has 0 saturated heterocycles. The van der Waals surface area contributed by atoms with Gasteiger partial charge in [0.15, 0.2) is 0 Å². The summed E-state index contributed by atoms with van der Waals surface area (Å²) in [5.74, 6) is 16.2. The Kier molecular flexibility index (Phi) is 10.1. The summed E-state index contributed by atoms with van der Waals surface area (Å²) < 4.78 is 0. The minimum atomic E-state index is 0.0128. The monoisotopic (exact) mass is 186 g/mol. The SMILES string of the molecule is CCCCC#CC#CC#C/C=C/CO. The van der Waals surface area contributed by atoms with Crippen LogP contribution in [0.3, 0.4) is 0 Å². The first kappa shape index (κ1) is 12.4. The van der Waals surface area contributed by atoms with Crippen LogP contribution in [0, 0.1) is 35.5 Å². The highest BCUT2D eigenvalue weighted by Crippen LogP contribution is 1.89. The minimum Gasteiger partial charge on any atom is -0.392 e. The van der Waals surface area contributed by atoms with Crippen molar-refractivity contribution in [1.29, 1.82) is 0 Å². The first-order valence-electron chi connectivity index (χ1n) is 4.66. The third-order valence-electron chi connectivity index (χ3n) is 1.31. The van der Waals surface area contributed by atoms with Gasteiger partial charge in [0, 0.05) is 6.42 Å². The summed E-state index contributed by atoms with van der Waals surface area (Å²) in [6, 6.07) is 0. The Hall–Kier alpha value is -1.62. The Morgan fingerprint density at radius 2 is 1.93 bits per heavy atom. The van der Waals surface area contributed by atoms with Crippen LogP contribution in [0.2, 0.25) is 0 Å². The molecule has 1 nitrogen and oxygen atoms in total. The predicted octanol–water partition coefficient (Wildman–Crippen LogP) is 1.74. The Labute approximate surface area is 86.2 Å². The van der Waals surface area contributed by atoms with E-state index in [-0.39, 0.29) is 6.61 Å². The maximum atomic E-state index is 8.38. The van der Waals surface area contributed by atoms with Gasteiger partial charge in [0.1, 0.15) is 0 Å². The smallest absolute Gasteiger partial charge is 0.0621 e. The lowest BCUT2D eigenvalue weighted by Gasteiger charge is -1.80. The number of aliphatic hydroxyl groups is 1. The zero-order valence-electron chi connectivity index (χ0n) is 8.43. The summed E-state index contributed by atoms with van der Waals surface area (Å²) >= 11 is 0. The molecule has 0 atom stereocenters. The van der Waals surface area contributed by atoms with Gasteiger partial charge >= 0.3 is 0 Å². The summed E-state index contributed by atoms with van der Waals surface area (Å²) in [6.07, 6.45) is 6.32. The van der Waals surface area contributed by atoms with Crippen molar-refractivity contribution >= 4 is 0 Å². The predicted molar refractivity (Wildman–Crippen MR) is 59.1 cm³/mol. The first-order valence-corrected chi connectivity index (χ1v) is 4.66. The highest BCUT2D eigenvalue weighted by molar-refractivity contribution is 5.37. The average molecular weight is 186 g/mol. The normalized spacial score (nSPS) is 7.86. The van der Waals surface area contributed by atoms with Gasteiger partial charge in [0.25, 0.3) is 0 Å². The van der Waals surface area contributed by atoms with E-state index in [2.05, 4.69) is 42.4 Å². The largest absolute Gasteiger partial charge is 0.392 e. The summed E-state index contributed by atoms with van der Waals surface area (Å²) in [7, 11) is 0. The summed E-state index contributed by atoms with van der Waals surface area (Å²) in [6.45, 7) is 2.14. The molecule has 0 fully saturated rings. The summed E-state index contributed by atoms with van der Waals surface area (Å²) in [5, 5.41) is 8.38. The van der Waals surface area contributed by atoms with Crippen LogP contribution in [0.4, 0.5) is 0 Å². The maximum Gasteiger partial charge on any atom is 0.0621 e. The molecule has 0 saturated carbocycles. The topological polar surface area (TPSA) is 20.2 Å². The van der Waals surface area contributed by atoms with Crippen molar-refractivity contribution in [3.8, 4) is 35.5 Å². The van der Waals surface area contributed by atoms with Crippen LogP contribution in [0.25, 0.3) is 0 Å². The molecule has 1 N–H and O–H groups in total. The van der Waals surface area contributed by atoms with E-state index in [1.807, 2.05) is 0 Å². The van der Waals surface area contributed by atoms with E-state index >= 15 is 0 Å². The number of aliphatic hydroxyl groups excluding tert-OH is 1. The van der Waals surface area contributed by atoms with E-state index in [9.17, 15) is 0 Å². The van der Waals surface area contributed by atoms with E-state index in [0.29, 0.717) is 0 Å². The van der Waals surface area contributed by atoms with Gasteiger partial charge in [-0.05, 0) is 36.2 Å². The molecule has 0 spiro atoms. The number of hydrogen-bond donors (Lipinski definition) is 1. The average Bonchev–Trinajstić information content (AvgIpc) is 2.21. The van der Waals surface area contributed by atoms with Gasteiger partial charge in [-0.15, -0.1) is 0 Å². The number of unbranched alkanes of at least 4 members (excludes halogenated alkanes) is 2. The second kappa shape index (κ2) is 11.4. The molecule has 0 unspecified atom stereocenters. The fourth-order valence-corrected chi connectivity index (χ4v) is 0.624. The molecule has 0 heterocycles. The lowest BCUT2D eigenvalue weighted by molar-refractivity contribution is 0.343. The highest BCUT2D eigenvalue weighted by Gasteiger charge is 1.73. The van der Waals surface area contributed by atoms with Crippen molar-refractivity contribution in [2.24, 2.45) is 0 Å². The van der Waals surface area contributed by atoms with E-state index < -0.39 is 0 Å². The van der Waals surface area contributed by atoms with E-state index in [1.54, 1.807) is 12.2 Å². The molecule has 0 bridgehead atoms. The molecule has 0 aliphatic carbocycles. The van der Waals surface area contributed by atoms with Crippen LogP contribution in [-0.4, -0.2) is 11.7 Å². The Bertz CT molecular complexity index is 331. The van der Waals surface area contributed by atoms with Crippen molar-refractivity contribution < 1.29 is 5.11 Å². The van der Waals surface area contributed by atoms with Crippen LogP contribution < -0.4 is 0 Å². The van der Waals surface area contributed by atoms with Crippen LogP contribution in [0.1, 0.15) is 26.2 Å². The molecule has 0 aromatic rings. The minimum absolute atomic E-state index is 0.0128. The molecular weight excluding hydrogens is 172 g/mol. The molecule has 72 valence electrons. The number of allylic oxidation sites excluding steroid dienone is 1. The molecule has 0 radical (unpaired) electrons. The standard InChI is InChI=1S/C13H14O/c1-2-3-4-5-6-7-8-9-10-11-12-13-14/h11-12,14H,2-4,13H2,1H3/b12-11+. The number of hydrogen-bond acceptors (Lipinski definition) is 1. The van der Waals surface area contributed by atoms with Crippen LogP contribution in [0.5, 0.6) is 0 Å². The van der Waals surface area contributed by atoms with Crippen molar-refractivity contribution in [2.45, 2.75) is 26.2 Å². The quantitative estimate of drug-likeness (QED) is 0.526. The molecule has 14 heavy (non-hydrogen) atoms.